The fourth-order valence-corrected chi connectivity index (χ4v) is 5.33. The number of amides is 1. The summed E-state index contributed by atoms with van der Waals surface area (Å²) >= 11 is 1.06. The number of rotatable bonds is 7. The Morgan fingerprint density at radius 2 is 1.77 bits per heavy atom. The average Bonchev–Trinajstić information content (AvgIpc) is 3.14. The summed E-state index contributed by atoms with van der Waals surface area (Å²) in [5, 5.41) is 0.237. The van der Waals surface area contributed by atoms with Crippen LogP contribution < -0.4 is 0 Å². The summed E-state index contributed by atoms with van der Waals surface area (Å²) in [4.78, 5) is 22.2. The summed E-state index contributed by atoms with van der Waals surface area (Å²) in [5.41, 5.74) is -0.214. The Morgan fingerprint density at radius 3 is 2.35 bits per heavy atom. The van der Waals surface area contributed by atoms with E-state index in [1.54, 1.807) is 13.0 Å². The van der Waals surface area contributed by atoms with E-state index < -0.39 is 11.7 Å². The SMILES string of the molecule is CCCN(CCC)C1CCN(C(=O)c2sc(-c3ccccc3C(F)(F)F)nc2C)CC1. The van der Waals surface area contributed by atoms with Crippen molar-refractivity contribution in [2.75, 3.05) is 26.2 Å². The van der Waals surface area contributed by atoms with Gasteiger partial charge in [0.2, 0.25) is 0 Å². The van der Waals surface area contributed by atoms with Gasteiger partial charge < -0.3 is 9.80 Å². The van der Waals surface area contributed by atoms with Crippen molar-refractivity contribution in [2.45, 2.75) is 58.7 Å². The van der Waals surface area contributed by atoms with E-state index in [2.05, 4.69) is 23.7 Å². The molecule has 1 saturated heterocycles. The maximum Gasteiger partial charge on any atom is 0.417 e. The van der Waals surface area contributed by atoms with Gasteiger partial charge in [-0.05, 0) is 51.8 Å². The molecule has 1 aromatic heterocycles. The van der Waals surface area contributed by atoms with Gasteiger partial charge >= 0.3 is 6.18 Å². The van der Waals surface area contributed by atoms with Crippen LogP contribution in [0.2, 0.25) is 0 Å². The first kappa shape index (κ1) is 23.7. The zero-order valence-corrected chi connectivity index (χ0v) is 19.2. The van der Waals surface area contributed by atoms with Gasteiger partial charge in [0, 0.05) is 24.7 Å². The van der Waals surface area contributed by atoms with Crippen LogP contribution in [0.1, 0.15) is 60.5 Å². The Labute approximate surface area is 186 Å². The number of alkyl halides is 3. The van der Waals surface area contributed by atoms with Crippen molar-refractivity contribution in [3.05, 3.63) is 40.4 Å². The van der Waals surface area contributed by atoms with Crippen molar-refractivity contribution in [1.29, 1.82) is 0 Å². The topological polar surface area (TPSA) is 36.4 Å². The van der Waals surface area contributed by atoms with Gasteiger partial charge in [-0.25, -0.2) is 4.98 Å². The van der Waals surface area contributed by atoms with Gasteiger partial charge in [-0.1, -0.05) is 32.0 Å². The van der Waals surface area contributed by atoms with Gasteiger partial charge in [0.05, 0.1) is 11.3 Å². The van der Waals surface area contributed by atoms with Gasteiger partial charge in [-0.15, -0.1) is 11.3 Å². The lowest BCUT2D eigenvalue weighted by molar-refractivity contribution is -0.137. The Morgan fingerprint density at radius 1 is 1.16 bits per heavy atom. The third kappa shape index (κ3) is 5.47. The first-order valence-electron chi connectivity index (χ1n) is 10.9. The molecule has 4 nitrogen and oxygen atoms in total. The molecule has 0 radical (unpaired) electrons. The van der Waals surface area contributed by atoms with Crippen molar-refractivity contribution in [1.82, 2.24) is 14.8 Å². The lowest BCUT2D eigenvalue weighted by Crippen LogP contribution is -2.47. The smallest absolute Gasteiger partial charge is 0.338 e. The molecule has 1 aromatic carbocycles. The Kier molecular flexibility index (Phi) is 7.75. The Hall–Kier alpha value is -1.93. The molecule has 0 atom stereocenters. The Bertz CT molecular complexity index is 882. The van der Waals surface area contributed by atoms with Crippen molar-refractivity contribution in [3.8, 4) is 10.6 Å². The molecule has 8 heteroatoms. The number of halogens is 3. The maximum absolute atomic E-state index is 13.4. The third-order valence-corrected chi connectivity index (χ3v) is 6.92. The van der Waals surface area contributed by atoms with Crippen molar-refractivity contribution < 1.29 is 18.0 Å². The van der Waals surface area contributed by atoms with Crippen LogP contribution in [0.3, 0.4) is 0 Å². The summed E-state index contributed by atoms with van der Waals surface area (Å²) in [5.74, 6) is -0.123. The second-order valence-electron chi connectivity index (χ2n) is 8.04. The number of aromatic nitrogens is 1. The van der Waals surface area contributed by atoms with E-state index >= 15 is 0 Å². The lowest BCUT2D eigenvalue weighted by atomic mass is 10.0. The number of nitrogens with zero attached hydrogens (tertiary/aromatic N) is 3. The predicted octanol–water partition coefficient (Wildman–Crippen LogP) is 5.86. The highest BCUT2D eigenvalue weighted by molar-refractivity contribution is 7.17. The second-order valence-corrected chi connectivity index (χ2v) is 9.04. The van der Waals surface area contributed by atoms with Gasteiger partial charge in [-0.2, -0.15) is 13.2 Å². The van der Waals surface area contributed by atoms with E-state index in [9.17, 15) is 18.0 Å². The molecule has 0 unspecified atom stereocenters. The molecular weight excluding hydrogens is 423 g/mol. The van der Waals surface area contributed by atoms with E-state index in [1.165, 1.54) is 12.1 Å². The predicted molar refractivity (Wildman–Crippen MR) is 118 cm³/mol. The van der Waals surface area contributed by atoms with E-state index in [0.717, 1.165) is 56.2 Å². The van der Waals surface area contributed by atoms with Crippen molar-refractivity contribution >= 4 is 17.2 Å². The number of aryl methyl sites for hydroxylation is 1. The molecule has 0 bridgehead atoms. The molecular formula is C23H30F3N3OS. The summed E-state index contributed by atoms with van der Waals surface area (Å²) in [6.45, 7) is 9.54. The summed E-state index contributed by atoms with van der Waals surface area (Å²) in [7, 11) is 0. The quantitative estimate of drug-likeness (QED) is 0.527. The van der Waals surface area contributed by atoms with Gasteiger partial charge in [0.15, 0.2) is 0 Å². The zero-order chi connectivity index (χ0) is 22.6. The molecule has 0 N–H and O–H groups in total. The number of likely N-dealkylation sites (tertiary alicyclic amines) is 1. The molecule has 3 rings (SSSR count). The van der Waals surface area contributed by atoms with Gasteiger partial charge in [-0.3, -0.25) is 4.79 Å². The van der Waals surface area contributed by atoms with E-state index in [-0.39, 0.29) is 16.5 Å². The second kappa shape index (κ2) is 10.1. The maximum atomic E-state index is 13.4. The number of hydrogen-bond acceptors (Lipinski definition) is 4. The van der Waals surface area contributed by atoms with Crippen LogP contribution in [-0.2, 0) is 6.18 Å². The first-order chi connectivity index (χ1) is 14.8. The van der Waals surface area contributed by atoms with Crippen LogP contribution in [0, 0.1) is 6.92 Å². The minimum atomic E-state index is -4.47. The normalized spacial score (nSPS) is 15.6. The van der Waals surface area contributed by atoms with Crippen LogP contribution in [0.4, 0.5) is 13.2 Å². The molecule has 1 fully saturated rings. The van der Waals surface area contributed by atoms with Crippen LogP contribution in [0.15, 0.2) is 24.3 Å². The molecule has 31 heavy (non-hydrogen) atoms. The van der Waals surface area contributed by atoms with E-state index in [0.29, 0.717) is 29.7 Å². The lowest BCUT2D eigenvalue weighted by Gasteiger charge is -2.38. The van der Waals surface area contributed by atoms with E-state index in [4.69, 9.17) is 0 Å². The highest BCUT2D eigenvalue weighted by atomic mass is 32.1. The molecule has 1 aliphatic heterocycles. The highest BCUT2D eigenvalue weighted by Gasteiger charge is 2.35. The van der Waals surface area contributed by atoms with Crippen LogP contribution in [0.25, 0.3) is 10.6 Å². The number of carbonyl (C=O) groups is 1. The minimum absolute atomic E-state index is 0.0237. The van der Waals surface area contributed by atoms with Gasteiger partial charge in [0.25, 0.3) is 5.91 Å². The number of carbonyl (C=O) groups excluding carboxylic acids is 1. The number of thiazole rings is 1. The summed E-state index contributed by atoms with van der Waals surface area (Å²) in [6, 6.07) is 5.88. The molecule has 2 heterocycles. The summed E-state index contributed by atoms with van der Waals surface area (Å²) in [6.07, 6.45) is -0.394. The third-order valence-electron chi connectivity index (χ3n) is 5.74. The fraction of sp³-hybridized carbons (Fsp3) is 0.565. The van der Waals surface area contributed by atoms with Crippen molar-refractivity contribution in [2.24, 2.45) is 0 Å². The number of benzene rings is 1. The van der Waals surface area contributed by atoms with Gasteiger partial charge in [0.1, 0.15) is 9.88 Å². The first-order valence-corrected chi connectivity index (χ1v) is 11.7. The Balaban J connectivity index is 1.75. The highest BCUT2D eigenvalue weighted by Crippen LogP contribution is 2.39. The monoisotopic (exact) mass is 453 g/mol. The average molecular weight is 454 g/mol. The number of piperidine rings is 1. The van der Waals surface area contributed by atoms with Crippen molar-refractivity contribution in [3.63, 3.8) is 0 Å². The molecule has 0 aliphatic carbocycles. The van der Waals surface area contributed by atoms with Crippen LogP contribution in [-0.4, -0.2) is 52.9 Å². The molecule has 1 aliphatic rings. The van der Waals surface area contributed by atoms with Crippen LogP contribution >= 0.6 is 11.3 Å². The standard InChI is InChI=1S/C23H30F3N3OS/c1-4-12-28(13-5-2)17-10-14-29(15-11-17)22(30)20-16(3)27-21(31-20)18-8-6-7-9-19(18)23(24,25)26/h6-9,17H,4-5,10-15H2,1-3H3. The minimum Gasteiger partial charge on any atom is -0.338 e. The fourth-order valence-electron chi connectivity index (χ4n) is 4.26. The molecule has 1 amide bonds. The molecule has 0 spiro atoms. The molecule has 170 valence electrons. The molecule has 0 saturated carbocycles. The summed E-state index contributed by atoms with van der Waals surface area (Å²) < 4.78 is 40.2. The zero-order valence-electron chi connectivity index (χ0n) is 18.3. The largest absolute Gasteiger partial charge is 0.417 e. The van der Waals surface area contributed by atoms with E-state index in [1.807, 2.05) is 4.90 Å². The number of hydrogen-bond donors (Lipinski definition) is 0. The van der Waals surface area contributed by atoms with Crippen LogP contribution in [0.5, 0.6) is 0 Å². The molecule has 2 aromatic rings.